The van der Waals surface area contributed by atoms with E-state index in [1.165, 1.54) is 0 Å². The molecule has 1 atom stereocenters. The molecule has 2 aromatic carbocycles. The van der Waals surface area contributed by atoms with Crippen LogP contribution in [0.2, 0.25) is 0 Å². The molecule has 1 amide bonds. The number of hydrogen-bond donors (Lipinski definition) is 3. The molecule has 0 bridgehead atoms. The Morgan fingerprint density at radius 2 is 1.73 bits per heavy atom. The minimum absolute atomic E-state index is 0.0425. The molecule has 9 heteroatoms. The summed E-state index contributed by atoms with van der Waals surface area (Å²) in [6.45, 7) is 5.92. The van der Waals surface area contributed by atoms with Crippen molar-refractivity contribution in [3.05, 3.63) is 65.7 Å². The highest BCUT2D eigenvalue weighted by Gasteiger charge is 2.54. The quantitative estimate of drug-likeness (QED) is 0.482. The first kappa shape index (κ1) is 24.8. The van der Waals surface area contributed by atoms with E-state index in [9.17, 15) is 18.7 Å². The van der Waals surface area contributed by atoms with Gasteiger partial charge in [0.15, 0.2) is 0 Å². The van der Waals surface area contributed by atoms with Crippen molar-refractivity contribution in [3.63, 3.8) is 0 Å². The zero-order valence-corrected chi connectivity index (χ0v) is 19.8. The summed E-state index contributed by atoms with van der Waals surface area (Å²) in [6, 6.07) is 15.8. The van der Waals surface area contributed by atoms with Gasteiger partial charge in [0.1, 0.15) is 16.7 Å². The molecule has 2 aromatic rings. The molecule has 1 aliphatic heterocycles. The number of carboxylic acid groups (broad SMARTS) is 1. The summed E-state index contributed by atoms with van der Waals surface area (Å²) in [6.07, 6.45) is 0.475. The van der Waals surface area contributed by atoms with Crippen molar-refractivity contribution in [2.24, 2.45) is 4.99 Å². The molecular formula is C24H30N2O6S. The summed E-state index contributed by atoms with van der Waals surface area (Å²) < 4.78 is 29.0. The fourth-order valence-corrected chi connectivity index (χ4v) is 6.10. The number of carbonyl (C=O) groups excluding carboxylic acids is 1. The highest BCUT2D eigenvalue weighted by Crippen LogP contribution is 2.64. The monoisotopic (exact) mass is 474 g/mol. The Morgan fingerprint density at radius 1 is 1.09 bits per heavy atom. The van der Waals surface area contributed by atoms with Crippen LogP contribution in [0.25, 0.3) is 0 Å². The van der Waals surface area contributed by atoms with E-state index >= 15 is 0 Å². The van der Waals surface area contributed by atoms with Crippen molar-refractivity contribution in [2.45, 2.75) is 44.4 Å². The molecule has 0 spiro atoms. The molecule has 1 heterocycles. The van der Waals surface area contributed by atoms with Gasteiger partial charge in [0.05, 0.1) is 18.6 Å². The van der Waals surface area contributed by atoms with Gasteiger partial charge in [0.2, 0.25) is 0 Å². The number of ether oxygens (including phenoxy) is 1. The molecule has 1 unspecified atom stereocenters. The van der Waals surface area contributed by atoms with Crippen LogP contribution < -0.4 is 4.74 Å². The third kappa shape index (κ3) is 5.73. The van der Waals surface area contributed by atoms with Gasteiger partial charge in [0, 0.05) is 13.0 Å². The molecule has 8 nitrogen and oxygen atoms in total. The summed E-state index contributed by atoms with van der Waals surface area (Å²) in [5, 5.41) is 7.92. The average molecular weight is 475 g/mol. The number of hydrogen-bond acceptors (Lipinski definition) is 6. The van der Waals surface area contributed by atoms with Gasteiger partial charge >= 0.3 is 5.97 Å². The Morgan fingerprint density at radius 3 is 2.30 bits per heavy atom. The lowest BCUT2D eigenvalue weighted by Crippen LogP contribution is -2.43. The first-order chi connectivity index (χ1) is 15.5. The molecule has 33 heavy (non-hydrogen) atoms. The fraction of sp³-hybridized carbons (Fsp3) is 0.375. The van der Waals surface area contributed by atoms with E-state index in [-0.39, 0.29) is 18.7 Å². The Hall–Kier alpha value is -2.88. The van der Waals surface area contributed by atoms with Gasteiger partial charge in [-0.1, -0.05) is 42.5 Å². The average Bonchev–Trinajstić information content (AvgIpc) is 2.93. The van der Waals surface area contributed by atoms with E-state index in [1.807, 2.05) is 6.07 Å². The van der Waals surface area contributed by atoms with E-state index in [0.29, 0.717) is 29.9 Å². The zero-order chi connectivity index (χ0) is 24.2. The van der Waals surface area contributed by atoms with Crippen molar-refractivity contribution in [2.75, 3.05) is 13.2 Å². The number of amides is 1. The molecule has 0 aliphatic carbocycles. The summed E-state index contributed by atoms with van der Waals surface area (Å²) >= 11 is 0. The third-order valence-electron chi connectivity index (χ3n) is 5.08. The van der Waals surface area contributed by atoms with Gasteiger partial charge in [-0.25, -0.2) is 4.31 Å². The van der Waals surface area contributed by atoms with Crippen LogP contribution in [0.1, 0.15) is 43.6 Å². The predicted molar refractivity (Wildman–Crippen MR) is 129 cm³/mol. The minimum atomic E-state index is -3.46. The molecular weight excluding hydrogens is 444 g/mol. The maximum Gasteiger partial charge on any atom is 0.307 e. The molecule has 0 aromatic heterocycles. The maximum atomic E-state index is 13.2. The molecule has 1 saturated heterocycles. The second-order valence-corrected chi connectivity index (χ2v) is 10.8. The van der Waals surface area contributed by atoms with Crippen LogP contribution in [0.5, 0.6) is 5.75 Å². The van der Waals surface area contributed by atoms with Gasteiger partial charge < -0.3 is 9.84 Å². The normalized spacial score (nSPS) is 20.2. The fourth-order valence-electron chi connectivity index (χ4n) is 3.75. The largest absolute Gasteiger partial charge is 0.494 e. The Balaban J connectivity index is 1.70. The Bertz CT molecular complexity index is 1020. The van der Waals surface area contributed by atoms with Gasteiger partial charge in [-0.3, -0.25) is 23.7 Å². The molecule has 1 fully saturated rings. The van der Waals surface area contributed by atoms with Crippen molar-refractivity contribution in [3.8, 4) is 5.75 Å². The topological polar surface area (TPSA) is 120 Å². The van der Waals surface area contributed by atoms with E-state index in [2.05, 4.69) is 4.99 Å². The predicted octanol–water partition coefficient (Wildman–Crippen LogP) is 4.57. The number of benzene rings is 2. The molecule has 0 radical (unpaired) electrons. The second kappa shape index (κ2) is 9.94. The number of nitrogens with zero attached hydrogens (tertiary/aromatic N) is 2. The summed E-state index contributed by atoms with van der Waals surface area (Å²) in [5.74, 6) is -0.741. The van der Waals surface area contributed by atoms with Crippen LogP contribution in [-0.4, -0.2) is 54.8 Å². The van der Waals surface area contributed by atoms with E-state index in [4.69, 9.17) is 9.84 Å². The first-order valence-electron chi connectivity index (χ1n) is 10.7. The summed E-state index contributed by atoms with van der Waals surface area (Å²) in [4.78, 5) is 28.4. The summed E-state index contributed by atoms with van der Waals surface area (Å²) in [7, 11) is -3.46. The van der Waals surface area contributed by atoms with Crippen molar-refractivity contribution >= 4 is 28.4 Å². The van der Waals surface area contributed by atoms with Gasteiger partial charge in [0.25, 0.3) is 5.91 Å². The number of carboxylic acids is 1. The van der Waals surface area contributed by atoms with Crippen molar-refractivity contribution < 1.29 is 28.5 Å². The van der Waals surface area contributed by atoms with Crippen molar-refractivity contribution in [1.82, 2.24) is 4.31 Å². The third-order valence-corrected chi connectivity index (χ3v) is 7.46. The van der Waals surface area contributed by atoms with Crippen LogP contribution in [0, 0.1) is 0 Å². The van der Waals surface area contributed by atoms with Gasteiger partial charge in [-0.2, -0.15) is 0 Å². The number of aliphatic imine (C=N–C) groups is 1. The smallest absolute Gasteiger partial charge is 0.307 e. The number of rotatable bonds is 8. The van der Waals surface area contributed by atoms with Crippen LogP contribution in [0.4, 0.5) is 0 Å². The Kier molecular flexibility index (Phi) is 7.46. The zero-order valence-electron chi connectivity index (χ0n) is 19.0. The first-order valence-corrected chi connectivity index (χ1v) is 12.2. The maximum absolute atomic E-state index is 13.2. The molecule has 1 aliphatic rings. The SMILES string of the molecule is CC(C)(C)N1C(=O)C(=NCCCOc2ccc(CC(=O)O)cc2)C(c2ccccc2)S1(O)O. The van der Waals surface area contributed by atoms with Crippen LogP contribution in [0.15, 0.2) is 59.6 Å². The van der Waals surface area contributed by atoms with Gasteiger partial charge in [-0.15, -0.1) is 10.8 Å². The van der Waals surface area contributed by atoms with E-state index in [1.54, 1.807) is 69.3 Å². The number of aliphatic carboxylic acids is 1. The minimum Gasteiger partial charge on any atom is -0.494 e. The Labute approximate surface area is 195 Å². The van der Waals surface area contributed by atoms with Crippen molar-refractivity contribution in [1.29, 1.82) is 0 Å². The molecule has 3 rings (SSSR count). The molecule has 0 saturated carbocycles. The summed E-state index contributed by atoms with van der Waals surface area (Å²) in [5.41, 5.74) is 0.689. The van der Waals surface area contributed by atoms with Gasteiger partial charge in [-0.05, 0) is 44.0 Å². The molecule has 178 valence electrons. The lowest BCUT2D eigenvalue weighted by atomic mass is 10.1. The lowest BCUT2D eigenvalue weighted by molar-refractivity contribution is -0.136. The van der Waals surface area contributed by atoms with Crippen LogP contribution in [-0.2, 0) is 16.0 Å². The highest BCUT2D eigenvalue weighted by molar-refractivity contribution is 8.24. The lowest BCUT2D eigenvalue weighted by Gasteiger charge is -2.46. The van der Waals surface area contributed by atoms with Crippen LogP contribution in [0.3, 0.4) is 0 Å². The van der Waals surface area contributed by atoms with E-state index in [0.717, 1.165) is 4.31 Å². The number of carbonyl (C=O) groups is 2. The van der Waals surface area contributed by atoms with Crippen LogP contribution >= 0.6 is 10.8 Å². The molecule has 3 N–H and O–H groups in total. The second-order valence-electron chi connectivity index (χ2n) is 8.81. The standard InChI is InChI=1S/C24H30N2O6S/c1-24(2,3)26-23(29)21(22(33(26,30)31)18-8-5-4-6-9-18)25-14-7-15-32-19-12-10-17(11-13-19)16-20(27)28/h4-6,8-13,22,30-31H,7,14-16H2,1-3H3,(H,27,28). The highest BCUT2D eigenvalue weighted by atomic mass is 32.3. The van der Waals surface area contributed by atoms with E-state index < -0.39 is 33.4 Å².